The number of benzene rings is 2. The number of ether oxygens (including phenoxy) is 2. The summed E-state index contributed by atoms with van der Waals surface area (Å²) in [4.78, 5) is 21.2. The summed E-state index contributed by atoms with van der Waals surface area (Å²) in [5.41, 5.74) is 3.66. The second kappa shape index (κ2) is 10.5. The molecule has 4 aromatic rings. The third-order valence-electron chi connectivity index (χ3n) is 5.08. The Morgan fingerprint density at radius 2 is 1.71 bits per heavy atom. The van der Waals surface area contributed by atoms with E-state index in [0.29, 0.717) is 12.5 Å². The van der Waals surface area contributed by atoms with Gasteiger partial charge >= 0.3 is 12.1 Å². The Kier molecular flexibility index (Phi) is 7.19. The molecule has 0 bridgehead atoms. The van der Waals surface area contributed by atoms with E-state index in [1.807, 2.05) is 48.5 Å². The number of aromatic nitrogens is 3. The van der Waals surface area contributed by atoms with Gasteiger partial charge in [-0.25, -0.2) is 14.8 Å². The van der Waals surface area contributed by atoms with Crippen molar-refractivity contribution in [1.29, 1.82) is 0 Å². The Morgan fingerprint density at radius 3 is 2.34 bits per heavy atom. The first kappa shape index (κ1) is 24.1. The number of H-pyrrole nitrogens is 1. The third kappa shape index (κ3) is 6.95. The molecule has 7 nitrogen and oxygen atoms in total. The first-order valence-electron chi connectivity index (χ1n) is 10.8. The zero-order valence-corrected chi connectivity index (χ0v) is 18.5. The molecule has 2 aromatic heterocycles. The van der Waals surface area contributed by atoms with Gasteiger partial charge in [-0.1, -0.05) is 30.3 Å². The number of carboxylic acid groups (broad SMARTS) is 1. The molecule has 1 fully saturated rings. The number of nitrogens with zero attached hydrogens (tertiary/aromatic N) is 2. The molecular weight excluding hydrogens is 463 g/mol. The van der Waals surface area contributed by atoms with E-state index in [-0.39, 0.29) is 0 Å². The molecule has 5 rings (SSSR count). The van der Waals surface area contributed by atoms with E-state index in [9.17, 15) is 13.2 Å². The van der Waals surface area contributed by atoms with Crippen molar-refractivity contribution in [2.24, 2.45) is 5.92 Å². The molecule has 182 valence electrons. The molecular formula is C25H22F3N3O4. The normalized spacial score (nSPS) is 13.1. The van der Waals surface area contributed by atoms with Crippen molar-refractivity contribution >= 4 is 17.1 Å². The number of nitrogens with one attached hydrogen (secondary N) is 1. The Morgan fingerprint density at radius 1 is 1.03 bits per heavy atom. The van der Waals surface area contributed by atoms with Crippen LogP contribution >= 0.6 is 0 Å². The van der Waals surface area contributed by atoms with Crippen LogP contribution in [0.5, 0.6) is 11.5 Å². The van der Waals surface area contributed by atoms with Gasteiger partial charge in [-0.05, 0) is 48.6 Å². The van der Waals surface area contributed by atoms with Crippen molar-refractivity contribution in [2.75, 3.05) is 6.61 Å². The lowest BCUT2D eigenvalue weighted by Gasteiger charge is -2.12. The van der Waals surface area contributed by atoms with Crippen LogP contribution in [0.4, 0.5) is 13.2 Å². The second-order valence-electron chi connectivity index (χ2n) is 7.98. The quantitative estimate of drug-likeness (QED) is 0.352. The van der Waals surface area contributed by atoms with Crippen molar-refractivity contribution < 1.29 is 32.5 Å². The summed E-state index contributed by atoms with van der Waals surface area (Å²) in [6, 6.07) is 19.9. The summed E-state index contributed by atoms with van der Waals surface area (Å²) in [5, 5.41) is 7.12. The highest BCUT2D eigenvalue weighted by atomic mass is 19.4. The minimum Gasteiger partial charge on any atom is -0.493 e. The average Bonchev–Trinajstić information content (AvgIpc) is 3.57. The summed E-state index contributed by atoms with van der Waals surface area (Å²) in [5.74, 6) is 0.261. The van der Waals surface area contributed by atoms with Crippen LogP contribution in [0.25, 0.3) is 22.6 Å². The van der Waals surface area contributed by atoms with E-state index in [1.165, 1.54) is 12.8 Å². The average molecular weight is 485 g/mol. The molecule has 0 spiro atoms. The number of imidazole rings is 1. The highest BCUT2D eigenvalue weighted by molar-refractivity contribution is 5.76. The molecule has 0 atom stereocenters. The largest absolute Gasteiger partial charge is 0.493 e. The Balaban J connectivity index is 0.000000364. The number of alkyl halides is 3. The maximum absolute atomic E-state index is 10.6. The number of aliphatic carboxylic acids is 1. The van der Waals surface area contributed by atoms with Crippen LogP contribution in [0, 0.1) is 5.92 Å². The number of halogens is 3. The highest BCUT2D eigenvalue weighted by Crippen LogP contribution is 2.33. The number of rotatable bonds is 7. The van der Waals surface area contributed by atoms with Gasteiger partial charge in [0.1, 0.15) is 29.4 Å². The van der Waals surface area contributed by atoms with E-state index >= 15 is 0 Å². The van der Waals surface area contributed by atoms with Gasteiger partial charge < -0.3 is 19.6 Å². The number of carboxylic acids is 1. The van der Waals surface area contributed by atoms with Crippen LogP contribution in [-0.4, -0.2) is 38.8 Å². The molecule has 2 heterocycles. The molecule has 2 aromatic carbocycles. The minimum absolute atomic E-state index is 0.508. The lowest BCUT2D eigenvalue weighted by atomic mass is 10.2. The monoisotopic (exact) mass is 485 g/mol. The summed E-state index contributed by atoms with van der Waals surface area (Å²) in [6.45, 7) is 1.26. The molecule has 1 saturated carbocycles. The SMILES string of the molecule is O=C(O)C(F)(F)F.c1ccc(COc2cc(OCC3CC3)cc(-c3nc4cccnc4[nH]3)c2)cc1. The molecule has 1 aliphatic carbocycles. The van der Waals surface area contributed by atoms with Gasteiger partial charge in [-0.15, -0.1) is 0 Å². The molecule has 0 radical (unpaired) electrons. The predicted octanol–water partition coefficient (Wildman–Crippen LogP) is 5.63. The van der Waals surface area contributed by atoms with Gasteiger partial charge in [0, 0.05) is 17.8 Å². The second-order valence-corrected chi connectivity index (χ2v) is 7.98. The van der Waals surface area contributed by atoms with Gasteiger partial charge in [-0.2, -0.15) is 13.2 Å². The topological polar surface area (TPSA) is 97.3 Å². The molecule has 35 heavy (non-hydrogen) atoms. The lowest BCUT2D eigenvalue weighted by Crippen LogP contribution is -2.21. The summed E-state index contributed by atoms with van der Waals surface area (Å²) in [7, 11) is 0. The fourth-order valence-electron chi connectivity index (χ4n) is 3.10. The van der Waals surface area contributed by atoms with E-state index in [4.69, 9.17) is 19.4 Å². The number of pyridine rings is 1. The van der Waals surface area contributed by atoms with E-state index in [0.717, 1.165) is 46.2 Å². The smallest absolute Gasteiger partial charge is 0.490 e. The van der Waals surface area contributed by atoms with Crippen LogP contribution in [0.2, 0.25) is 0 Å². The lowest BCUT2D eigenvalue weighted by molar-refractivity contribution is -0.192. The van der Waals surface area contributed by atoms with Crippen molar-refractivity contribution in [2.45, 2.75) is 25.6 Å². The molecule has 1 aliphatic rings. The molecule has 0 amide bonds. The zero-order chi connectivity index (χ0) is 24.8. The highest BCUT2D eigenvalue weighted by Gasteiger charge is 2.38. The molecule has 0 unspecified atom stereocenters. The van der Waals surface area contributed by atoms with Crippen molar-refractivity contribution in [3.8, 4) is 22.9 Å². The van der Waals surface area contributed by atoms with Crippen LogP contribution in [0.15, 0.2) is 66.9 Å². The van der Waals surface area contributed by atoms with Gasteiger partial charge in [0.2, 0.25) is 0 Å². The molecule has 2 N–H and O–H groups in total. The summed E-state index contributed by atoms with van der Waals surface area (Å²) in [6.07, 6.45) is -0.813. The standard InChI is InChI=1S/C23H21N3O2.C2HF3O2/c1-2-5-16(6-3-1)14-27-19-11-18(12-20(13-19)28-15-17-8-9-17)22-25-21-7-4-10-24-23(21)26-22;3-2(4,5)1(6)7/h1-7,10-13,17H,8-9,14-15H2,(H,24,25,26);(H,6,7). The number of carbonyl (C=O) groups is 1. The van der Waals surface area contributed by atoms with Crippen molar-refractivity contribution in [1.82, 2.24) is 15.0 Å². The number of hydrogen-bond acceptors (Lipinski definition) is 5. The first-order chi connectivity index (χ1) is 16.8. The Labute approximate surface area is 198 Å². The van der Waals surface area contributed by atoms with Gasteiger partial charge in [-0.3, -0.25) is 0 Å². The van der Waals surface area contributed by atoms with Crippen LogP contribution in [-0.2, 0) is 11.4 Å². The fourth-order valence-corrected chi connectivity index (χ4v) is 3.10. The van der Waals surface area contributed by atoms with Crippen LogP contribution in [0.3, 0.4) is 0 Å². The van der Waals surface area contributed by atoms with Crippen LogP contribution < -0.4 is 9.47 Å². The van der Waals surface area contributed by atoms with Crippen LogP contribution in [0.1, 0.15) is 18.4 Å². The van der Waals surface area contributed by atoms with Crippen molar-refractivity contribution in [3.05, 3.63) is 72.4 Å². The maximum Gasteiger partial charge on any atom is 0.490 e. The predicted molar refractivity (Wildman–Crippen MR) is 122 cm³/mol. The molecule has 10 heteroatoms. The first-order valence-corrected chi connectivity index (χ1v) is 10.8. The molecule has 0 saturated heterocycles. The van der Waals surface area contributed by atoms with E-state index in [2.05, 4.69) is 27.1 Å². The third-order valence-corrected chi connectivity index (χ3v) is 5.08. The molecule has 0 aliphatic heterocycles. The fraction of sp³-hybridized carbons (Fsp3) is 0.240. The van der Waals surface area contributed by atoms with E-state index in [1.54, 1.807) is 6.20 Å². The zero-order valence-electron chi connectivity index (χ0n) is 18.5. The minimum atomic E-state index is -5.08. The van der Waals surface area contributed by atoms with Gasteiger partial charge in [0.25, 0.3) is 0 Å². The number of hydrogen-bond donors (Lipinski definition) is 2. The van der Waals surface area contributed by atoms with E-state index < -0.39 is 12.1 Å². The number of fused-ring (bicyclic) bond motifs is 1. The Hall–Kier alpha value is -4.08. The summed E-state index contributed by atoms with van der Waals surface area (Å²) < 4.78 is 43.8. The number of aromatic amines is 1. The summed E-state index contributed by atoms with van der Waals surface area (Å²) >= 11 is 0. The maximum atomic E-state index is 10.6. The van der Waals surface area contributed by atoms with Gasteiger partial charge in [0.05, 0.1) is 6.61 Å². The van der Waals surface area contributed by atoms with Crippen molar-refractivity contribution in [3.63, 3.8) is 0 Å². The Bertz CT molecular complexity index is 1260. The van der Waals surface area contributed by atoms with Gasteiger partial charge in [0.15, 0.2) is 5.65 Å².